The smallest absolute Gasteiger partial charge is 0.253 e. The number of nitrogens with zero attached hydrogens (tertiary/aromatic N) is 3. The Kier molecular flexibility index (Phi) is 6.55. The Morgan fingerprint density at radius 2 is 2.09 bits per heavy atom. The number of Topliss-reactive ketones (excluding diaryl/α,β-unsaturated/α-hetero) is 1. The number of hydrogen-bond acceptors (Lipinski definition) is 8. The lowest BCUT2D eigenvalue weighted by Gasteiger charge is -2.16. The molecule has 0 spiro atoms. The summed E-state index contributed by atoms with van der Waals surface area (Å²) < 4.78 is 14.2. The van der Waals surface area contributed by atoms with E-state index in [4.69, 9.17) is 5.73 Å². The SMILES string of the molecule is CC1CC=CC(F)=C1C(=O)c1sc(Nc2ccc(C(=O)NCc3ccccn3)cn2)nc1N. The molecule has 3 aromatic heterocycles. The lowest BCUT2D eigenvalue weighted by atomic mass is 9.89. The number of allylic oxidation sites excluding steroid dienone is 4. The fourth-order valence-electron chi connectivity index (χ4n) is 3.31. The Labute approximate surface area is 193 Å². The molecule has 1 aliphatic carbocycles. The second-order valence-corrected chi connectivity index (χ2v) is 8.42. The third-order valence-electron chi connectivity index (χ3n) is 5.03. The van der Waals surface area contributed by atoms with Gasteiger partial charge >= 0.3 is 0 Å². The summed E-state index contributed by atoms with van der Waals surface area (Å²) in [5, 5.41) is 6.09. The fourth-order valence-corrected chi connectivity index (χ4v) is 4.15. The Morgan fingerprint density at radius 3 is 2.79 bits per heavy atom. The minimum Gasteiger partial charge on any atom is -0.382 e. The quantitative estimate of drug-likeness (QED) is 0.448. The van der Waals surface area contributed by atoms with Crippen LogP contribution < -0.4 is 16.4 Å². The molecule has 0 bridgehead atoms. The topological polar surface area (TPSA) is 123 Å². The normalized spacial score (nSPS) is 15.4. The lowest BCUT2D eigenvalue weighted by Crippen LogP contribution is -2.23. The fraction of sp³-hybridized carbons (Fsp3) is 0.174. The minimum atomic E-state index is -0.542. The molecule has 0 fully saturated rings. The van der Waals surface area contributed by atoms with Gasteiger partial charge in [0.15, 0.2) is 5.13 Å². The molecule has 10 heteroatoms. The first kappa shape index (κ1) is 22.3. The molecule has 1 aliphatic rings. The maximum Gasteiger partial charge on any atom is 0.253 e. The van der Waals surface area contributed by atoms with Crippen LogP contribution in [0.25, 0.3) is 0 Å². The number of nitrogens with two attached hydrogens (primary N) is 1. The number of nitrogens with one attached hydrogen (secondary N) is 2. The van der Waals surface area contributed by atoms with Crippen molar-refractivity contribution in [2.45, 2.75) is 19.9 Å². The Hall–Kier alpha value is -3.92. The van der Waals surface area contributed by atoms with Crippen LogP contribution in [0.3, 0.4) is 0 Å². The highest BCUT2D eigenvalue weighted by molar-refractivity contribution is 7.18. The average molecular weight is 465 g/mol. The van der Waals surface area contributed by atoms with Gasteiger partial charge in [0.25, 0.3) is 5.91 Å². The lowest BCUT2D eigenvalue weighted by molar-refractivity contribution is 0.0949. The second-order valence-electron chi connectivity index (χ2n) is 7.42. The van der Waals surface area contributed by atoms with Gasteiger partial charge in [0.1, 0.15) is 22.3 Å². The zero-order valence-corrected chi connectivity index (χ0v) is 18.5. The molecule has 168 valence electrons. The largest absolute Gasteiger partial charge is 0.382 e. The molecule has 3 heterocycles. The Balaban J connectivity index is 1.42. The predicted octanol–water partition coefficient (Wildman–Crippen LogP) is 4.19. The summed E-state index contributed by atoms with van der Waals surface area (Å²) in [7, 11) is 0. The first-order chi connectivity index (χ1) is 15.9. The molecule has 4 N–H and O–H groups in total. The molecule has 1 amide bonds. The maximum absolute atomic E-state index is 14.2. The summed E-state index contributed by atoms with van der Waals surface area (Å²) in [6.45, 7) is 2.10. The van der Waals surface area contributed by atoms with Crippen molar-refractivity contribution in [1.82, 2.24) is 20.3 Å². The number of carbonyl (C=O) groups excluding carboxylic acids is 2. The molecule has 8 nitrogen and oxygen atoms in total. The van der Waals surface area contributed by atoms with E-state index >= 15 is 0 Å². The van der Waals surface area contributed by atoms with Crippen LogP contribution in [0.1, 0.15) is 39.1 Å². The number of amides is 1. The van der Waals surface area contributed by atoms with E-state index < -0.39 is 11.6 Å². The van der Waals surface area contributed by atoms with Crippen LogP contribution in [0.15, 0.2) is 66.3 Å². The van der Waals surface area contributed by atoms with Gasteiger partial charge in [-0.1, -0.05) is 30.4 Å². The van der Waals surface area contributed by atoms with Crippen LogP contribution in [0, 0.1) is 5.92 Å². The number of nitrogen functional groups attached to an aromatic ring is 1. The number of ketones is 1. The van der Waals surface area contributed by atoms with Gasteiger partial charge in [-0.25, -0.2) is 14.4 Å². The Morgan fingerprint density at radius 1 is 1.24 bits per heavy atom. The predicted molar refractivity (Wildman–Crippen MR) is 125 cm³/mol. The van der Waals surface area contributed by atoms with Crippen molar-refractivity contribution in [3.05, 3.63) is 82.4 Å². The monoisotopic (exact) mass is 464 g/mol. The number of halogens is 1. The van der Waals surface area contributed by atoms with E-state index in [0.29, 0.717) is 29.5 Å². The molecule has 0 aliphatic heterocycles. The van der Waals surface area contributed by atoms with Crippen LogP contribution in [-0.4, -0.2) is 26.6 Å². The maximum atomic E-state index is 14.2. The molecular formula is C23H21FN6O2S. The molecule has 1 unspecified atom stereocenters. The number of anilines is 3. The number of pyridine rings is 2. The van der Waals surface area contributed by atoms with E-state index in [1.807, 2.05) is 12.1 Å². The molecule has 1 atom stereocenters. The zero-order valence-electron chi connectivity index (χ0n) is 17.7. The molecule has 0 saturated heterocycles. The van der Waals surface area contributed by atoms with E-state index in [0.717, 1.165) is 17.0 Å². The van der Waals surface area contributed by atoms with Crippen molar-refractivity contribution in [3.63, 3.8) is 0 Å². The first-order valence-electron chi connectivity index (χ1n) is 10.2. The van der Waals surface area contributed by atoms with Crippen molar-refractivity contribution in [1.29, 1.82) is 0 Å². The number of carbonyl (C=O) groups is 2. The molecule has 4 rings (SSSR count). The van der Waals surface area contributed by atoms with Crippen molar-refractivity contribution < 1.29 is 14.0 Å². The molecule has 33 heavy (non-hydrogen) atoms. The van der Waals surface area contributed by atoms with Crippen LogP contribution >= 0.6 is 11.3 Å². The van der Waals surface area contributed by atoms with Gasteiger partial charge < -0.3 is 16.4 Å². The third kappa shape index (κ3) is 5.12. The third-order valence-corrected chi connectivity index (χ3v) is 6.01. The van der Waals surface area contributed by atoms with Crippen LogP contribution in [0.4, 0.5) is 21.2 Å². The molecule has 0 aromatic carbocycles. The van der Waals surface area contributed by atoms with Crippen molar-refractivity contribution in [2.75, 3.05) is 11.1 Å². The Bertz CT molecular complexity index is 1240. The van der Waals surface area contributed by atoms with Gasteiger partial charge in [-0.3, -0.25) is 14.6 Å². The summed E-state index contributed by atoms with van der Waals surface area (Å²) in [5.41, 5.74) is 7.18. The van der Waals surface area contributed by atoms with Crippen LogP contribution in [0.2, 0.25) is 0 Å². The molecular weight excluding hydrogens is 443 g/mol. The minimum absolute atomic E-state index is 0.0278. The number of aromatic nitrogens is 3. The van der Waals surface area contributed by atoms with Gasteiger partial charge in [-0.05, 0) is 42.7 Å². The van der Waals surface area contributed by atoms with E-state index in [9.17, 15) is 14.0 Å². The summed E-state index contributed by atoms with van der Waals surface area (Å²) in [6, 6.07) is 8.70. The number of thiazole rings is 1. The van der Waals surface area contributed by atoms with Crippen molar-refractivity contribution in [2.24, 2.45) is 5.92 Å². The zero-order chi connectivity index (χ0) is 23.4. The van der Waals surface area contributed by atoms with Gasteiger partial charge in [0.05, 0.1) is 17.8 Å². The summed E-state index contributed by atoms with van der Waals surface area (Å²) in [5.74, 6) is -1.07. The van der Waals surface area contributed by atoms with Crippen LogP contribution in [-0.2, 0) is 6.54 Å². The van der Waals surface area contributed by atoms with Crippen molar-refractivity contribution >= 4 is 39.8 Å². The summed E-state index contributed by atoms with van der Waals surface area (Å²) in [6.07, 6.45) is 6.68. The number of rotatable bonds is 7. The number of hydrogen-bond donors (Lipinski definition) is 3. The van der Waals surface area contributed by atoms with Gasteiger partial charge in [-0.2, -0.15) is 0 Å². The molecule has 0 saturated carbocycles. The van der Waals surface area contributed by atoms with Crippen LogP contribution in [0.5, 0.6) is 0 Å². The average Bonchev–Trinajstić information content (AvgIpc) is 3.18. The highest BCUT2D eigenvalue weighted by Gasteiger charge is 2.28. The van der Waals surface area contributed by atoms with Gasteiger partial charge in [-0.15, -0.1) is 0 Å². The van der Waals surface area contributed by atoms with E-state index in [-0.39, 0.29) is 28.1 Å². The van der Waals surface area contributed by atoms with Gasteiger partial charge in [0, 0.05) is 18.0 Å². The van der Waals surface area contributed by atoms with E-state index in [2.05, 4.69) is 25.6 Å². The van der Waals surface area contributed by atoms with E-state index in [1.54, 1.807) is 37.4 Å². The second kappa shape index (κ2) is 9.70. The standard InChI is InChI=1S/C23H21FN6O2S/c1-13-5-4-7-16(24)18(13)19(31)20-21(25)30-23(33-20)29-17-9-8-14(11-27-17)22(32)28-12-15-6-2-3-10-26-15/h2-4,6-11,13H,5,12,25H2,1H3,(H,28,32)(H,27,29,30). The van der Waals surface area contributed by atoms with Crippen molar-refractivity contribution in [3.8, 4) is 0 Å². The highest BCUT2D eigenvalue weighted by atomic mass is 32.1. The van der Waals surface area contributed by atoms with Gasteiger partial charge in [0.2, 0.25) is 5.78 Å². The first-order valence-corrected chi connectivity index (χ1v) is 11.0. The molecule has 0 radical (unpaired) electrons. The highest BCUT2D eigenvalue weighted by Crippen LogP contribution is 2.34. The molecule has 3 aromatic rings. The summed E-state index contributed by atoms with van der Waals surface area (Å²) in [4.78, 5) is 37.9. The summed E-state index contributed by atoms with van der Waals surface area (Å²) >= 11 is 1.03. The van der Waals surface area contributed by atoms with E-state index in [1.165, 1.54) is 12.3 Å².